The van der Waals surface area contributed by atoms with Crippen molar-refractivity contribution in [3.63, 3.8) is 0 Å². The summed E-state index contributed by atoms with van der Waals surface area (Å²) in [7, 11) is 0. The molecule has 0 radical (unpaired) electrons. The summed E-state index contributed by atoms with van der Waals surface area (Å²) in [5.74, 6) is -0.120. The average Bonchev–Trinajstić information content (AvgIpc) is 2.69. The van der Waals surface area contributed by atoms with E-state index < -0.39 is 10.7 Å². The maximum absolute atomic E-state index is 13.0. The second-order valence-corrected chi connectivity index (χ2v) is 4.84. The number of nitro groups is 1. The van der Waals surface area contributed by atoms with E-state index >= 15 is 0 Å². The van der Waals surface area contributed by atoms with E-state index in [0.29, 0.717) is 11.0 Å². The van der Waals surface area contributed by atoms with E-state index in [4.69, 9.17) is 4.74 Å². The van der Waals surface area contributed by atoms with Crippen LogP contribution in [0.4, 0.5) is 10.1 Å². The van der Waals surface area contributed by atoms with E-state index in [2.05, 4.69) is 21.0 Å². The Morgan fingerprint density at radius 3 is 2.80 bits per heavy atom. The fourth-order valence-corrected chi connectivity index (χ4v) is 2.17. The maximum atomic E-state index is 13.0. The number of rotatable bonds is 4. The second-order valence-electron chi connectivity index (χ2n) is 3.99. The lowest BCUT2D eigenvalue weighted by molar-refractivity contribution is -0.386. The summed E-state index contributed by atoms with van der Waals surface area (Å²) in [5, 5.41) is 15.2. The molecule has 0 saturated carbocycles. The summed E-state index contributed by atoms with van der Waals surface area (Å²) >= 11 is 3.15. The largest absolute Gasteiger partial charge is 0.433 e. The Kier molecular flexibility index (Phi) is 4.03. The van der Waals surface area contributed by atoms with Crippen molar-refractivity contribution in [3.05, 3.63) is 44.3 Å². The van der Waals surface area contributed by atoms with Gasteiger partial charge in [0.2, 0.25) is 0 Å². The molecule has 6 nitrogen and oxygen atoms in total. The van der Waals surface area contributed by atoms with E-state index in [1.807, 2.05) is 0 Å². The summed E-state index contributed by atoms with van der Waals surface area (Å²) in [6.45, 7) is 3.75. The molecule has 2 aromatic rings. The lowest BCUT2D eigenvalue weighted by atomic mass is 10.3. The molecule has 0 bridgehead atoms. The predicted octanol–water partition coefficient (Wildman–Crippen LogP) is 3.81. The minimum atomic E-state index is -0.540. The zero-order valence-corrected chi connectivity index (χ0v) is 12.3. The van der Waals surface area contributed by atoms with Crippen LogP contribution in [-0.2, 0) is 6.54 Å². The molecule has 0 aliphatic rings. The fraction of sp³-hybridized carbons (Fsp3) is 0.250. The minimum absolute atomic E-state index is 0.0299. The van der Waals surface area contributed by atoms with Crippen LogP contribution in [0.25, 0.3) is 0 Å². The minimum Gasteiger partial charge on any atom is -0.433 e. The van der Waals surface area contributed by atoms with Crippen LogP contribution in [-0.4, -0.2) is 14.7 Å². The Labute approximate surface area is 122 Å². The first kappa shape index (κ1) is 14.4. The van der Waals surface area contributed by atoms with Crippen LogP contribution in [0, 0.1) is 22.9 Å². The highest BCUT2D eigenvalue weighted by Gasteiger charge is 2.27. The standard InChI is InChI=1S/C12H11BrFN3O3/c1-3-16-12(11(17(18)19)7(2)15-16)20-10-5-4-8(14)6-9(10)13/h4-6H,3H2,1-2H3. The number of nitrogens with zero attached hydrogens (tertiary/aromatic N) is 3. The summed E-state index contributed by atoms with van der Waals surface area (Å²) < 4.78 is 20.3. The zero-order valence-electron chi connectivity index (χ0n) is 10.8. The normalized spacial score (nSPS) is 10.6. The summed E-state index contributed by atoms with van der Waals surface area (Å²) in [4.78, 5) is 10.6. The van der Waals surface area contributed by atoms with E-state index in [9.17, 15) is 14.5 Å². The molecule has 0 N–H and O–H groups in total. The third-order valence-corrected chi connectivity index (χ3v) is 3.25. The summed E-state index contributed by atoms with van der Waals surface area (Å²) in [5.41, 5.74) is 0.0770. The highest BCUT2D eigenvalue weighted by atomic mass is 79.9. The molecule has 0 aliphatic heterocycles. The molecular weight excluding hydrogens is 333 g/mol. The van der Waals surface area contributed by atoms with Crippen molar-refractivity contribution >= 4 is 21.6 Å². The predicted molar refractivity (Wildman–Crippen MR) is 73.5 cm³/mol. The van der Waals surface area contributed by atoms with Crippen molar-refractivity contribution in [1.29, 1.82) is 0 Å². The van der Waals surface area contributed by atoms with Crippen molar-refractivity contribution in [1.82, 2.24) is 9.78 Å². The molecule has 0 saturated heterocycles. The van der Waals surface area contributed by atoms with Crippen molar-refractivity contribution in [2.45, 2.75) is 20.4 Å². The van der Waals surface area contributed by atoms with Gasteiger partial charge in [-0.05, 0) is 48.0 Å². The quantitative estimate of drug-likeness (QED) is 0.625. The van der Waals surface area contributed by atoms with Crippen LogP contribution in [0.15, 0.2) is 22.7 Å². The van der Waals surface area contributed by atoms with Gasteiger partial charge in [0.1, 0.15) is 17.3 Å². The molecule has 0 unspecified atom stereocenters. The number of hydrogen-bond donors (Lipinski definition) is 0. The number of hydrogen-bond acceptors (Lipinski definition) is 4. The van der Waals surface area contributed by atoms with Crippen molar-refractivity contribution < 1.29 is 14.1 Å². The lowest BCUT2D eigenvalue weighted by Gasteiger charge is -2.08. The molecule has 2 rings (SSSR count). The number of benzene rings is 1. The molecule has 0 amide bonds. The van der Waals surface area contributed by atoms with E-state index in [1.54, 1.807) is 6.92 Å². The van der Waals surface area contributed by atoms with Crippen molar-refractivity contribution in [3.8, 4) is 11.6 Å². The monoisotopic (exact) mass is 343 g/mol. The Bertz CT molecular complexity index is 672. The van der Waals surface area contributed by atoms with Gasteiger partial charge in [-0.2, -0.15) is 5.10 Å². The van der Waals surface area contributed by atoms with Gasteiger partial charge in [0, 0.05) is 6.54 Å². The highest BCUT2D eigenvalue weighted by molar-refractivity contribution is 9.10. The molecule has 106 valence electrons. The third kappa shape index (κ3) is 2.64. The van der Waals surface area contributed by atoms with Gasteiger partial charge in [-0.1, -0.05) is 0 Å². The van der Waals surface area contributed by atoms with Gasteiger partial charge in [-0.3, -0.25) is 10.1 Å². The molecular formula is C12H11BrFN3O3. The number of aromatic nitrogens is 2. The second kappa shape index (κ2) is 5.58. The number of aryl methyl sites for hydroxylation is 2. The SMILES string of the molecule is CCn1nc(C)c([N+](=O)[O-])c1Oc1ccc(F)cc1Br. The lowest BCUT2D eigenvalue weighted by Crippen LogP contribution is -2.01. The van der Waals surface area contributed by atoms with Crippen LogP contribution >= 0.6 is 15.9 Å². The zero-order chi connectivity index (χ0) is 14.9. The smallest absolute Gasteiger partial charge is 0.353 e. The first-order chi connectivity index (χ1) is 9.43. The topological polar surface area (TPSA) is 70.2 Å². The molecule has 0 fully saturated rings. The van der Waals surface area contributed by atoms with Crippen molar-refractivity contribution in [2.75, 3.05) is 0 Å². The molecule has 0 spiro atoms. The van der Waals surface area contributed by atoms with E-state index in [1.165, 1.54) is 29.8 Å². The Morgan fingerprint density at radius 2 is 2.25 bits per heavy atom. The molecule has 1 aromatic carbocycles. The average molecular weight is 344 g/mol. The summed E-state index contributed by atoms with van der Waals surface area (Å²) in [6.07, 6.45) is 0. The molecule has 0 aliphatic carbocycles. The molecule has 1 heterocycles. The van der Waals surface area contributed by atoms with Gasteiger partial charge in [0.25, 0.3) is 5.88 Å². The van der Waals surface area contributed by atoms with Crippen LogP contribution in [0.5, 0.6) is 11.6 Å². The van der Waals surface area contributed by atoms with Gasteiger partial charge in [-0.15, -0.1) is 0 Å². The maximum Gasteiger partial charge on any atom is 0.353 e. The first-order valence-electron chi connectivity index (χ1n) is 5.78. The Hall–Kier alpha value is -1.96. The Morgan fingerprint density at radius 1 is 1.55 bits per heavy atom. The van der Waals surface area contributed by atoms with Gasteiger partial charge in [0.05, 0.1) is 9.40 Å². The van der Waals surface area contributed by atoms with E-state index in [0.717, 1.165) is 0 Å². The van der Waals surface area contributed by atoms with Crippen LogP contribution < -0.4 is 4.74 Å². The first-order valence-corrected chi connectivity index (χ1v) is 6.58. The molecule has 20 heavy (non-hydrogen) atoms. The van der Waals surface area contributed by atoms with Gasteiger partial charge in [0.15, 0.2) is 0 Å². The third-order valence-electron chi connectivity index (χ3n) is 2.63. The number of ether oxygens (including phenoxy) is 1. The molecule has 8 heteroatoms. The van der Waals surface area contributed by atoms with Crippen LogP contribution in [0.1, 0.15) is 12.6 Å². The Balaban J connectivity index is 2.49. The highest BCUT2D eigenvalue weighted by Crippen LogP contribution is 2.37. The van der Waals surface area contributed by atoms with E-state index in [-0.39, 0.29) is 23.0 Å². The molecule has 1 aromatic heterocycles. The van der Waals surface area contributed by atoms with Crippen LogP contribution in [0.2, 0.25) is 0 Å². The fourth-order valence-electron chi connectivity index (χ4n) is 1.74. The van der Waals surface area contributed by atoms with Gasteiger partial charge < -0.3 is 4.74 Å². The van der Waals surface area contributed by atoms with Crippen molar-refractivity contribution in [2.24, 2.45) is 0 Å². The van der Waals surface area contributed by atoms with Gasteiger partial charge >= 0.3 is 5.69 Å². The summed E-state index contributed by atoms with van der Waals surface area (Å²) in [6, 6.07) is 3.83. The van der Waals surface area contributed by atoms with Crippen LogP contribution in [0.3, 0.4) is 0 Å². The molecule has 0 atom stereocenters. The van der Waals surface area contributed by atoms with Gasteiger partial charge in [-0.25, -0.2) is 9.07 Å². The number of halogens is 2.